The first-order valence-corrected chi connectivity index (χ1v) is 28.5. The van der Waals surface area contributed by atoms with Gasteiger partial charge in [0, 0.05) is 18.2 Å². The van der Waals surface area contributed by atoms with E-state index in [9.17, 15) is 4.79 Å². The third kappa shape index (κ3) is 11.4. The smallest absolute Gasteiger partial charge is 0.491 e. The van der Waals surface area contributed by atoms with Crippen LogP contribution in [0.5, 0.6) is 0 Å². The highest BCUT2D eigenvalue weighted by Gasteiger charge is 2.66. The van der Waals surface area contributed by atoms with E-state index in [1.807, 2.05) is 0 Å². The summed E-state index contributed by atoms with van der Waals surface area (Å²) in [5, 5.41) is 0. The molecule has 0 aromatic heterocycles. The van der Waals surface area contributed by atoms with Crippen molar-refractivity contribution < 1.29 is 25.7 Å². The maximum Gasteiger partial charge on any atom is 0.639 e. The number of rotatable bonds is 20. The average Bonchev–Trinajstić information content (AvgIpc) is 2.77. The number of hydrogen-bond donors (Lipinski definition) is 0. The summed E-state index contributed by atoms with van der Waals surface area (Å²) in [4.78, 5) is 13.1. The van der Waals surface area contributed by atoms with Crippen molar-refractivity contribution in [2.75, 3.05) is 0 Å². The van der Waals surface area contributed by atoms with Crippen LogP contribution in [-0.4, -0.2) is 48.5 Å². The van der Waals surface area contributed by atoms with Gasteiger partial charge in [-0.3, -0.25) is 0 Å². The van der Waals surface area contributed by atoms with Gasteiger partial charge in [-0.15, -0.1) is 0 Å². The van der Waals surface area contributed by atoms with Crippen LogP contribution in [0.15, 0.2) is 12.7 Å². The molecular weight excluding hydrogens is 621 g/mol. The SMILES string of the molecule is C=CC(=O)O[Si](CC(C)C)(CC(C)C)O[Si](O[Si](C)(C)C)(O[Si](C(C)C)(C(C)C)C(C)C)O[Si](C(C)C)(C(C)C)C(C)C. The van der Waals surface area contributed by atoms with Gasteiger partial charge in [-0.25, -0.2) is 4.79 Å². The Balaban J connectivity index is 8.25. The minimum absolute atomic E-state index is 0.242. The molecule has 0 aromatic rings. The highest BCUT2D eigenvalue weighted by atomic mass is 28.5. The molecular formula is C32H72O6Si5. The van der Waals surface area contributed by atoms with Gasteiger partial charge in [0.15, 0.2) is 25.0 Å². The predicted octanol–water partition coefficient (Wildman–Crippen LogP) is 11.2. The Morgan fingerprint density at radius 3 is 1.07 bits per heavy atom. The van der Waals surface area contributed by atoms with Crippen molar-refractivity contribution in [1.82, 2.24) is 0 Å². The zero-order chi connectivity index (χ0) is 34.4. The van der Waals surface area contributed by atoms with Gasteiger partial charge in [0.1, 0.15) is 0 Å². The number of carbonyl (C=O) groups excluding carboxylic acids is 1. The van der Waals surface area contributed by atoms with Crippen molar-refractivity contribution in [1.29, 1.82) is 0 Å². The summed E-state index contributed by atoms with van der Waals surface area (Å²) in [6.07, 6.45) is 1.26. The Bertz CT molecular complexity index is 777. The second-order valence-electron chi connectivity index (χ2n) is 16.4. The minimum atomic E-state index is -3.99. The highest BCUT2D eigenvalue weighted by Crippen LogP contribution is 2.50. The van der Waals surface area contributed by atoms with Gasteiger partial charge in [-0.1, -0.05) is 117 Å². The lowest BCUT2D eigenvalue weighted by atomic mass is 10.3. The Labute approximate surface area is 273 Å². The van der Waals surface area contributed by atoms with Gasteiger partial charge in [0.05, 0.1) is 0 Å². The summed E-state index contributed by atoms with van der Waals surface area (Å²) < 4.78 is 37.1. The predicted molar refractivity (Wildman–Crippen MR) is 197 cm³/mol. The average molecular weight is 693 g/mol. The molecule has 0 rings (SSSR count). The molecule has 0 fully saturated rings. The van der Waals surface area contributed by atoms with Crippen molar-refractivity contribution in [3.05, 3.63) is 12.7 Å². The van der Waals surface area contributed by atoms with Gasteiger partial charge in [0.25, 0.3) is 0 Å². The molecule has 0 bridgehead atoms. The van der Waals surface area contributed by atoms with E-state index in [0.29, 0.717) is 45.3 Å². The molecule has 0 spiro atoms. The molecule has 0 unspecified atom stereocenters. The molecule has 0 aliphatic rings. The van der Waals surface area contributed by atoms with Crippen molar-refractivity contribution >= 4 is 48.5 Å². The standard InChI is InChI=1S/C32H72O6Si5/c1-21-32(33)34-40(22-24(2)3,23-25(4)5)36-43(35-39(18,19)20,37-41(26(6)7,27(8)9)28(10)11)38-42(29(12)13,30(14)15)31(16)17/h21,24-31H,1,22-23H2,2-20H3. The third-order valence-electron chi connectivity index (χ3n) is 8.65. The first-order valence-electron chi connectivity index (χ1n) is 16.9. The van der Waals surface area contributed by atoms with Gasteiger partial charge >= 0.3 is 23.6 Å². The van der Waals surface area contributed by atoms with E-state index >= 15 is 0 Å². The first kappa shape index (κ1) is 43.1. The van der Waals surface area contributed by atoms with Crippen molar-refractivity contribution in [2.45, 2.75) is 176 Å². The van der Waals surface area contributed by atoms with E-state index in [0.717, 1.165) is 0 Å². The molecule has 11 heteroatoms. The number of carbonyl (C=O) groups is 1. The van der Waals surface area contributed by atoms with Gasteiger partial charge in [-0.05, 0) is 64.7 Å². The lowest BCUT2D eigenvalue weighted by Gasteiger charge is -2.54. The molecule has 0 aliphatic carbocycles. The van der Waals surface area contributed by atoms with Gasteiger partial charge < -0.3 is 20.9 Å². The monoisotopic (exact) mass is 692 g/mol. The topological polar surface area (TPSA) is 63.2 Å². The lowest BCUT2D eigenvalue weighted by Crippen LogP contribution is -2.72. The fourth-order valence-corrected chi connectivity index (χ4v) is 36.9. The van der Waals surface area contributed by atoms with E-state index in [1.54, 1.807) is 0 Å². The summed E-state index contributed by atoms with van der Waals surface area (Å²) in [7, 11) is -14.8. The van der Waals surface area contributed by atoms with E-state index in [-0.39, 0.29) is 11.8 Å². The van der Waals surface area contributed by atoms with E-state index < -0.39 is 48.5 Å². The molecule has 43 heavy (non-hydrogen) atoms. The van der Waals surface area contributed by atoms with Crippen molar-refractivity contribution in [3.63, 3.8) is 0 Å². The normalized spacial score (nSPS) is 14.5. The van der Waals surface area contributed by atoms with Crippen LogP contribution in [0.1, 0.15) is 111 Å². The molecule has 0 heterocycles. The molecule has 6 nitrogen and oxygen atoms in total. The molecule has 0 aliphatic heterocycles. The maximum atomic E-state index is 13.1. The van der Waals surface area contributed by atoms with Gasteiger partial charge in [-0.2, -0.15) is 0 Å². The summed E-state index contributed by atoms with van der Waals surface area (Å²) in [6.45, 7) is 46.5. The minimum Gasteiger partial charge on any atom is -0.491 e. The van der Waals surface area contributed by atoms with Crippen LogP contribution < -0.4 is 0 Å². The van der Waals surface area contributed by atoms with Crippen LogP contribution >= 0.6 is 0 Å². The first-order chi connectivity index (χ1) is 19.3. The van der Waals surface area contributed by atoms with Gasteiger partial charge in [0.2, 0.25) is 0 Å². The molecule has 0 atom stereocenters. The largest absolute Gasteiger partial charge is 0.639 e. The molecule has 0 saturated heterocycles. The highest BCUT2D eigenvalue weighted by molar-refractivity contribution is 6.94. The van der Waals surface area contributed by atoms with E-state index in [2.05, 4.69) is 137 Å². The second kappa shape index (κ2) is 16.8. The molecule has 0 aromatic carbocycles. The van der Waals surface area contributed by atoms with E-state index in [1.165, 1.54) is 6.08 Å². The van der Waals surface area contributed by atoms with Crippen molar-refractivity contribution in [3.8, 4) is 0 Å². The quantitative estimate of drug-likeness (QED) is 0.0934. The third-order valence-corrected chi connectivity index (χ3v) is 33.7. The second-order valence-corrected chi connectivity index (χ2v) is 38.1. The summed E-state index contributed by atoms with van der Waals surface area (Å²) in [6, 6.07) is 1.28. The Morgan fingerprint density at radius 2 is 0.860 bits per heavy atom. The molecule has 0 N–H and O–H groups in total. The Morgan fingerprint density at radius 1 is 0.558 bits per heavy atom. The summed E-state index contributed by atoms with van der Waals surface area (Å²) >= 11 is 0. The lowest BCUT2D eigenvalue weighted by molar-refractivity contribution is -0.131. The zero-order valence-corrected chi connectivity index (χ0v) is 36.8. The van der Waals surface area contributed by atoms with E-state index in [4.69, 9.17) is 20.9 Å². The van der Waals surface area contributed by atoms with Crippen LogP contribution in [0.25, 0.3) is 0 Å². The molecule has 0 radical (unpaired) electrons. The fraction of sp³-hybridized carbons (Fsp3) is 0.906. The van der Waals surface area contributed by atoms with Crippen LogP contribution in [0.3, 0.4) is 0 Å². The fourth-order valence-electron chi connectivity index (χ4n) is 7.61. The van der Waals surface area contributed by atoms with Crippen molar-refractivity contribution in [2.24, 2.45) is 11.8 Å². The maximum absolute atomic E-state index is 13.1. The Hall–Kier alpha value is 0.134. The van der Waals surface area contributed by atoms with Crippen LogP contribution in [-0.2, 0) is 25.7 Å². The molecule has 0 amide bonds. The molecule has 0 saturated carbocycles. The van der Waals surface area contributed by atoms with Crippen LogP contribution in [0, 0.1) is 11.8 Å². The van der Waals surface area contributed by atoms with Crippen LogP contribution in [0.4, 0.5) is 0 Å². The number of hydrogen-bond acceptors (Lipinski definition) is 6. The Kier molecular flexibility index (Phi) is 16.9. The summed E-state index contributed by atoms with van der Waals surface area (Å²) in [5.41, 5.74) is 1.79. The summed E-state index contributed by atoms with van der Waals surface area (Å²) in [5.74, 6) is 0.0430. The molecule has 256 valence electrons. The van der Waals surface area contributed by atoms with Crippen LogP contribution in [0.2, 0.25) is 65.0 Å². The zero-order valence-electron chi connectivity index (χ0n) is 31.8.